The van der Waals surface area contributed by atoms with Crippen molar-refractivity contribution in [1.29, 1.82) is 0 Å². The predicted molar refractivity (Wildman–Crippen MR) is 80.2 cm³/mol. The second-order valence-corrected chi connectivity index (χ2v) is 4.44. The van der Waals surface area contributed by atoms with Gasteiger partial charge in [-0.3, -0.25) is 4.79 Å². The number of rotatable bonds is 5. The molecule has 0 bridgehead atoms. The van der Waals surface area contributed by atoms with Crippen LogP contribution >= 0.6 is 0 Å². The summed E-state index contributed by atoms with van der Waals surface area (Å²) in [5.74, 6) is -1.72. The Bertz CT molecular complexity index is 608. The molecule has 0 aromatic heterocycles. The summed E-state index contributed by atoms with van der Waals surface area (Å²) in [6.07, 6.45) is 0.961. The number of anilines is 1. The Morgan fingerprint density at radius 1 is 1.09 bits per heavy atom. The molecule has 0 saturated carbocycles. The van der Waals surface area contributed by atoms with Crippen LogP contribution in [0.1, 0.15) is 10.4 Å². The average Bonchev–Trinajstić information content (AvgIpc) is 2.52. The molecule has 1 aromatic carbocycles. The van der Waals surface area contributed by atoms with Gasteiger partial charge in [-0.2, -0.15) is 0 Å². The molecule has 0 saturated heterocycles. The smallest absolute Gasteiger partial charge is 0.354 e. The van der Waals surface area contributed by atoms with E-state index in [1.807, 2.05) is 0 Å². The number of carbonyl (C=O) groups excluding carboxylic acids is 3. The van der Waals surface area contributed by atoms with Crippen molar-refractivity contribution in [3.8, 4) is 0 Å². The second-order valence-electron chi connectivity index (χ2n) is 4.44. The highest BCUT2D eigenvalue weighted by Gasteiger charge is 2.17. The van der Waals surface area contributed by atoms with Gasteiger partial charge in [0, 0.05) is 14.1 Å². The zero-order valence-corrected chi connectivity index (χ0v) is 12.9. The van der Waals surface area contributed by atoms with Gasteiger partial charge in [0.15, 0.2) is 0 Å². The maximum atomic E-state index is 12.1. The predicted octanol–water partition coefficient (Wildman–Crippen LogP) is 1.03. The minimum Gasteiger partial charge on any atom is -0.466 e. The van der Waals surface area contributed by atoms with E-state index in [0.717, 1.165) is 6.08 Å². The highest BCUT2D eigenvalue weighted by atomic mass is 16.5. The third-order valence-electron chi connectivity index (χ3n) is 2.70. The number of nitrogens with one attached hydrogen (secondary N) is 1. The number of hydrogen-bond acceptors (Lipinski definition) is 6. The standard InChI is InChI=1S/C15H18N2O5/c1-17(2)14(19)10-7-5-6-8-11(10)16-12(15(20)22-4)9-13(18)21-3/h5-9,16H,1-4H3/b12-9+. The number of nitrogens with zero attached hydrogens (tertiary/aromatic N) is 1. The Labute approximate surface area is 128 Å². The first-order chi connectivity index (χ1) is 10.4. The van der Waals surface area contributed by atoms with E-state index in [0.29, 0.717) is 11.3 Å². The van der Waals surface area contributed by atoms with Crippen molar-refractivity contribution in [3.05, 3.63) is 41.6 Å². The molecule has 0 fully saturated rings. The third kappa shape index (κ3) is 4.34. The van der Waals surface area contributed by atoms with Crippen LogP contribution in [0.5, 0.6) is 0 Å². The van der Waals surface area contributed by atoms with Crippen LogP contribution in [0.3, 0.4) is 0 Å². The molecule has 1 aromatic rings. The number of hydrogen-bond donors (Lipinski definition) is 1. The highest BCUT2D eigenvalue weighted by Crippen LogP contribution is 2.19. The minimum absolute atomic E-state index is 0.131. The zero-order chi connectivity index (χ0) is 16.7. The monoisotopic (exact) mass is 306 g/mol. The Morgan fingerprint density at radius 2 is 1.73 bits per heavy atom. The molecule has 0 radical (unpaired) electrons. The fraction of sp³-hybridized carbons (Fsp3) is 0.267. The number of methoxy groups -OCH3 is 2. The molecule has 1 rings (SSSR count). The van der Waals surface area contributed by atoms with Crippen molar-refractivity contribution < 1.29 is 23.9 Å². The number of esters is 2. The van der Waals surface area contributed by atoms with Gasteiger partial charge in [-0.1, -0.05) is 12.1 Å². The lowest BCUT2D eigenvalue weighted by Crippen LogP contribution is -2.24. The van der Waals surface area contributed by atoms with Gasteiger partial charge in [0.1, 0.15) is 5.70 Å². The van der Waals surface area contributed by atoms with Crippen molar-refractivity contribution in [1.82, 2.24) is 4.90 Å². The number of carbonyl (C=O) groups is 3. The fourth-order valence-electron chi connectivity index (χ4n) is 1.60. The molecule has 118 valence electrons. The van der Waals surface area contributed by atoms with E-state index < -0.39 is 11.9 Å². The molecule has 7 nitrogen and oxygen atoms in total. The Hall–Kier alpha value is -2.83. The lowest BCUT2D eigenvalue weighted by molar-refractivity contribution is -0.138. The van der Waals surface area contributed by atoms with Crippen molar-refractivity contribution in [2.45, 2.75) is 0 Å². The molecule has 0 spiro atoms. The molecule has 1 N–H and O–H groups in total. The number of ether oxygens (including phenoxy) is 2. The quantitative estimate of drug-likeness (QED) is 0.646. The third-order valence-corrected chi connectivity index (χ3v) is 2.70. The van der Waals surface area contributed by atoms with Crippen molar-refractivity contribution in [2.75, 3.05) is 33.6 Å². The molecule has 0 atom stereocenters. The van der Waals surface area contributed by atoms with Gasteiger partial charge in [-0.15, -0.1) is 0 Å². The minimum atomic E-state index is -0.752. The van der Waals surface area contributed by atoms with E-state index in [1.54, 1.807) is 38.4 Å². The Morgan fingerprint density at radius 3 is 2.27 bits per heavy atom. The fourth-order valence-corrected chi connectivity index (χ4v) is 1.60. The first-order valence-electron chi connectivity index (χ1n) is 6.36. The van der Waals surface area contributed by atoms with Gasteiger partial charge < -0.3 is 19.7 Å². The zero-order valence-electron chi connectivity index (χ0n) is 12.9. The lowest BCUT2D eigenvalue weighted by atomic mass is 10.1. The molecule has 1 amide bonds. The Balaban J connectivity index is 3.20. The first-order valence-corrected chi connectivity index (χ1v) is 6.36. The molecule has 0 aliphatic rings. The number of amides is 1. The van der Waals surface area contributed by atoms with Gasteiger partial charge >= 0.3 is 11.9 Å². The van der Waals surface area contributed by atoms with Gasteiger partial charge in [0.25, 0.3) is 5.91 Å². The summed E-state index contributed by atoms with van der Waals surface area (Å²) in [5.41, 5.74) is 0.599. The van der Waals surface area contributed by atoms with E-state index in [9.17, 15) is 14.4 Å². The molecular weight excluding hydrogens is 288 g/mol. The summed E-state index contributed by atoms with van der Waals surface area (Å²) in [5, 5.41) is 2.74. The summed E-state index contributed by atoms with van der Waals surface area (Å²) in [6, 6.07) is 6.62. The van der Waals surface area contributed by atoms with Crippen LogP contribution in [0, 0.1) is 0 Å². The molecule has 0 unspecified atom stereocenters. The van der Waals surface area contributed by atoms with E-state index in [4.69, 9.17) is 0 Å². The molecular formula is C15H18N2O5. The van der Waals surface area contributed by atoms with E-state index in [2.05, 4.69) is 14.8 Å². The topological polar surface area (TPSA) is 84.9 Å². The van der Waals surface area contributed by atoms with Crippen molar-refractivity contribution in [3.63, 3.8) is 0 Å². The molecule has 0 aliphatic carbocycles. The molecule has 7 heteroatoms. The van der Waals surface area contributed by atoms with Crippen LogP contribution in [-0.2, 0) is 19.1 Å². The summed E-state index contributed by atoms with van der Waals surface area (Å²) in [4.78, 5) is 36.6. The van der Waals surface area contributed by atoms with Crippen LogP contribution in [-0.4, -0.2) is 51.1 Å². The largest absolute Gasteiger partial charge is 0.466 e. The van der Waals surface area contributed by atoms with Gasteiger partial charge in [0.2, 0.25) is 0 Å². The Kier molecular flexibility index (Phi) is 6.12. The van der Waals surface area contributed by atoms with Crippen LogP contribution in [0.2, 0.25) is 0 Å². The lowest BCUT2D eigenvalue weighted by Gasteiger charge is -2.16. The molecule has 0 heterocycles. The van der Waals surface area contributed by atoms with Gasteiger partial charge in [-0.25, -0.2) is 9.59 Å². The van der Waals surface area contributed by atoms with Gasteiger partial charge in [0.05, 0.1) is 31.5 Å². The first kappa shape index (κ1) is 17.2. The summed E-state index contributed by atoms with van der Waals surface area (Å²) in [7, 11) is 5.61. The van der Waals surface area contributed by atoms with Crippen LogP contribution in [0.15, 0.2) is 36.0 Å². The number of benzene rings is 1. The maximum absolute atomic E-state index is 12.1. The summed E-state index contributed by atoms with van der Waals surface area (Å²) < 4.78 is 9.10. The summed E-state index contributed by atoms with van der Waals surface area (Å²) >= 11 is 0. The van der Waals surface area contributed by atoms with E-state index in [-0.39, 0.29) is 11.6 Å². The van der Waals surface area contributed by atoms with Gasteiger partial charge in [-0.05, 0) is 12.1 Å². The van der Waals surface area contributed by atoms with E-state index in [1.165, 1.54) is 19.1 Å². The molecule has 0 aliphatic heterocycles. The van der Waals surface area contributed by atoms with Crippen molar-refractivity contribution >= 4 is 23.5 Å². The van der Waals surface area contributed by atoms with Crippen LogP contribution in [0.25, 0.3) is 0 Å². The van der Waals surface area contributed by atoms with Crippen LogP contribution < -0.4 is 5.32 Å². The average molecular weight is 306 g/mol. The normalized spacial score (nSPS) is 10.6. The molecule has 22 heavy (non-hydrogen) atoms. The maximum Gasteiger partial charge on any atom is 0.354 e. The van der Waals surface area contributed by atoms with Crippen molar-refractivity contribution in [2.24, 2.45) is 0 Å². The highest BCUT2D eigenvalue weighted by molar-refractivity contribution is 6.03. The number of para-hydroxylation sites is 1. The second kappa shape index (κ2) is 7.82. The van der Waals surface area contributed by atoms with Crippen LogP contribution in [0.4, 0.5) is 5.69 Å². The van der Waals surface area contributed by atoms with E-state index >= 15 is 0 Å². The summed E-state index contributed by atoms with van der Waals surface area (Å²) in [6.45, 7) is 0. The SMILES string of the molecule is COC(=O)/C=C(/Nc1ccccc1C(=O)N(C)C)C(=O)OC.